The molecule has 0 spiro atoms. The molecule has 1 rings (SSSR count). The molecule has 0 aromatic rings. The van der Waals surface area contributed by atoms with Crippen LogP contribution in [0.2, 0.25) is 0 Å². The van der Waals surface area contributed by atoms with Gasteiger partial charge in [-0.25, -0.2) is 9.34 Å². The largest absolute Gasteiger partial charge is 0.345 e. The zero-order valence-corrected chi connectivity index (χ0v) is 11.9. The highest BCUT2D eigenvalue weighted by molar-refractivity contribution is 7.53. The second kappa shape index (κ2) is 5.61. The van der Waals surface area contributed by atoms with Gasteiger partial charge in [-0.15, -0.1) is 0 Å². The smallest absolute Gasteiger partial charge is 0.304 e. The first kappa shape index (κ1) is 14.1. The van der Waals surface area contributed by atoms with Gasteiger partial charge < -0.3 is 9.42 Å². The molecule has 1 fully saturated rings. The molecule has 1 heterocycles. The number of hydrogen-bond donors (Lipinski definition) is 0. The van der Waals surface area contributed by atoms with Crippen molar-refractivity contribution in [1.82, 2.24) is 14.2 Å². The van der Waals surface area contributed by atoms with E-state index in [2.05, 4.69) is 11.9 Å². The molecule has 1 saturated heterocycles. The summed E-state index contributed by atoms with van der Waals surface area (Å²) in [5.41, 5.74) is 0. The highest BCUT2D eigenvalue weighted by Gasteiger charge is 2.36. The number of rotatable bonds is 4. The van der Waals surface area contributed by atoms with Gasteiger partial charge in [0.2, 0.25) is 0 Å². The molecule has 96 valence electrons. The van der Waals surface area contributed by atoms with Gasteiger partial charge in [-0.05, 0) is 35.0 Å². The van der Waals surface area contributed by atoms with Crippen LogP contribution in [0.1, 0.15) is 13.8 Å². The third kappa shape index (κ3) is 3.28. The first-order chi connectivity index (χ1) is 7.36. The van der Waals surface area contributed by atoms with Crippen LogP contribution in [0.15, 0.2) is 0 Å². The maximum Gasteiger partial charge on any atom is 0.345 e. The number of hydrogen-bond acceptors (Lipinski definition) is 3. The van der Waals surface area contributed by atoms with E-state index in [1.807, 2.05) is 32.6 Å². The Morgan fingerprint density at radius 3 is 2.06 bits per heavy atom. The molecule has 0 saturated carbocycles. The van der Waals surface area contributed by atoms with Crippen molar-refractivity contribution in [2.24, 2.45) is 0 Å². The van der Waals surface area contributed by atoms with Crippen molar-refractivity contribution in [3.05, 3.63) is 0 Å². The molecule has 16 heavy (non-hydrogen) atoms. The van der Waals surface area contributed by atoms with Crippen molar-refractivity contribution in [3.63, 3.8) is 0 Å². The fourth-order valence-corrected chi connectivity index (χ4v) is 3.80. The second-order valence-electron chi connectivity index (χ2n) is 4.75. The summed E-state index contributed by atoms with van der Waals surface area (Å²) in [6.07, 6.45) is -0.0205. The molecule has 0 aliphatic carbocycles. The number of likely N-dealkylation sites (N-methyl/N-ethyl adjacent to an activating group) is 1. The molecular weight excluding hydrogens is 225 g/mol. The maximum atomic E-state index is 12.8. The van der Waals surface area contributed by atoms with Gasteiger partial charge in [-0.3, -0.25) is 4.57 Å². The maximum absolute atomic E-state index is 12.8. The van der Waals surface area contributed by atoms with Crippen molar-refractivity contribution in [2.75, 3.05) is 47.3 Å². The minimum atomic E-state index is -2.81. The lowest BCUT2D eigenvalue weighted by Gasteiger charge is -2.40. The lowest BCUT2D eigenvalue weighted by molar-refractivity contribution is 0.148. The Kier molecular flexibility index (Phi) is 4.95. The Balaban J connectivity index is 2.73. The van der Waals surface area contributed by atoms with Gasteiger partial charge in [-0.2, -0.15) is 0 Å². The minimum Gasteiger partial charge on any atom is -0.304 e. The van der Waals surface area contributed by atoms with E-state index in [9.17, 15) is 4.57 Å². The molecule has 1 atom stereocenters. The number of nitrogens with zero attached hydrogens (tertiary/aromatic N) is 3. The van der Waals surface area contributed by atoms with Gasteiger partial charge in [0.05, 0.1) is 6.10 Å². The van der Waals surface area contributed by atoms with Crippen LogP contribution < -0.4 is 0 Å². The molecule has 0 amide bonds. The Morgan fingerprint density at radius 2 is 1.69 bits per heavy atom. The predicted molar refractivity (Wildman–Crippen MR) is 66.6 cm³/mol. The summed E-state index contributed by atoms with van der Waals surface area (Å²) in [5.74, 6) is 0. The third-order valence-corrected chi connectivity index (χ3v) is 5.51. The van der Waals surface area contributed by atoms with E-state index < -0.39 is 7.67 Å². The lowest BCUT2D eigenvalue weighted by atomic mass is 10.4. The van der Waals surface area contributed by atoms with Crippen LogP contribution in [-0.2, 0) is 9.09 Å². The Morgan fingerprint density at radius 1 is 1.19 bits per heavy atom. The van der Waals surface area contributed by atoms with Gasteiger partial charge in [0.15, 0.2) is 0 Å². The molecule has 6 heteroatoms. The van der Waals surface area contributed by atoms with E-state index in [0.717, 1.165) is 26.2 Å². The normalized spacial score (nSPS) is 23.9. The van der Waals surface area contributed by atoms with E-state index in [4.69, 9.17) is 4.52 Å². The average molecular weight is 249 g/mol. The van der Waals surface area contributed by atoms with E-state index in [-0.39, 0.29) is 6.10 Å². The molecule has 0 bridgehead atoms. The van der Waals surface area contributed by atoms with Gasteiger partial charge in [-0.1, -0.05) is 0 Å². The Labute approximate surface area is 98.9 Å². The SMILES string of the molecule is CC(C)OP(=O)(N(C)C)N1CCN(C)CC1. The Hall–Kier alpha value is 0.0700. The van der Waals surface area contributed by atoms with Crippen molar-refractivity contribution in [2.45, 2.75) is 20.0 Å². The average Bonchev–Trinajstić information content (AvgIpc) is 2.17. The molecule has 0 N–H and O–H groups in total. The lowest BCUT2D eigenvalue weighted by Crippen LogP contribution is -2.45. The van der Waals surface area contributed by atoms with E-state index in [1.54, 1.807) is 4.67 Å². The van der Waals surface area contributed by atoms with Gasteiger partial charge in [0.25, 0.3) is 0 Å². The fraction of sp³-hybridized carbons (Fsp3) is 1.00. The van der Waals surface area contributed by atoms with Crippen LogP contribution in [-0.4, -0.2) is 67.7 Å². The van der Waals surface area contributed by atoms with Crippen LogP contribution in [0.25, 0.3) is 0 Å². The molecule has 5 nitrogen and oxygen atoms in total. The van der Waals surface area contributed by atoms with Crippen molar-refractivity contribution < 1.29 is 9.09 Å². The highest BCUT2D eigenvalue weighted by atomic mass is 31.2. The molecule has 0 aromatic heterocycles. The molecule has 0 radical (unpaired) electrons. The third-order valence-electron chi connectivity index (χ3n) is 2.69. The quantitative estimate of drug-likeness (QED) is 0.702. The van der Waals surface area contributed by atoms with E-state index >= 15 is 0 Å². The van der Waals surface area contributed by atoms with Gasteiger partial charge in [0, 0.05) is 26.2 Å². The summed E-state index contributed by atoms with van der Waals surface area (Å²) in [4.78, 5) is 2.24. The van der Waals surface area contributed by atoms with Crippen molar-refractivity contribution >= 4 is 7.67 Å². The zero-order chi connectivity index (χ0) is 12.3. The first-order valence-corrected chi connectivity index (χ1v) is 7.29. The Bertz CT molecular complexity index is 263. The van der Waals surface area contributed by atoms with E-state index in [0.29, 0.717) is 0 Å². The van der Waals surface area contributed by atoms with Crippen LogP contribution in [0, 0.1) is 0 Å². The van der Waals surface area contributed by atoms with Gasteiger partial charge >= 0.3 is 7.67 Å². The molecule has 1 aliphatic heterocycles. The van der Waals surface area contributed by atoms with Gasteiger partial charge in [0.1, 0.15) is 0 Å². The van der Waals surface area contributed by atoms with Crippen LogP contribution in [0.5, 0.6) is 0 Å². The monoisotopic (exact) mass is 249 g/mol. The molecule has 1 unspecified atom stereocenters. The van der Waals surface area contributed by atoms with Crippen molar-refractivity contribution in [3.8, 4) is 0 Å². The number of piperazine rings is 1. The van der Waals surface area contributed by atoms with Crippen LogP contribution >= 0.6 is 7.67 Å². The van der Waals surface area contributed by atoms with Crippen LogP contribution in [0.3, 0.4) is 0 Å². The second-order valence-corrected chi connectivity index (χ2v) is 7.31. The summed E-state index contributed by atoms with van der Waals surface area (Å²) < 4.78 is 22.2. The van der Waals surface area contributed by atoms with E-state index in [1.165, 1.54) is 0 Å². The molecule has 0 aromatic carbocycles. The topological polar surface area (TPSA) is 36.0 Å². The van der Waals surface area contributed by atoms with Crippen LogP contribution in [0.4, 0.5) is 0 Å². The highest BCUT2D eigenvalue weighted by Crippen LogP contribution is 2.53. The summed E-state index contributed by atoms with van der Waals surface area (Å²) in [6, 6.07) is 0. The summed E-state index contributed by atoms with van der Waals surface area (Å²) in [7, 11) is 2.92. The summed E-state index contributed by atoms with van der Waals surface area (Å²) in [6.45, 7) is 7.34. The fourth-order valence-electron chi connectivity index (χ4n) is 1.74. The summed E-state index contributed by atoms with van der Waals surface area (Å²) >= 11 is 0. The van der Waals surface area contributed by atoms with Crippen molar-refractivity contribution in [1.29, 1.82) is 0 Å². The molecule has 1 aliphatic rings. The predicted octanol–water partition coefficient (Wildman–Crippen LogP) is 1.33. The minimum absolute atomic E-state index is 0.0205. The summed E-state index contributed by atoms with van der Waals surface area (Å²) in [5, 5.41) is 0. The first-order valence-electron chi connectivity index (χ1n) is 5.76. The zero-order valence-electron chi connectivity index (χ0n) is 11.0. The standard InChI is InChI=1S/C10H24N3O2P/c1-10(2)15-16(14,11(3)4)13-8-6-12(5)7-9-13/h10H,6-9H2,1-5H3. The molecular formula is C10H24N3O2P.